The first-order valence-corrected chi connectivity index (χ1v) is 10.6. The molecule has 5 nitrogen and oxygen atoms in total. The molecule has 1 N–H and O–H groups in total. The fourth-order valence-electron chi connectivity index (χ4n) is 4.91. The molecule has 0 aliphatic carbocycles. The molecular formula is C26H20F2NO4+. The van der Waals surface area contributed by atoms with Gasteiger partial charge in [-0.15, -0.1) is 0 Å². The van der Waals surface area contributed by atoms with E-state index in [1.807, 2.05) is 24.4 Å². The van der Waals surface area contributed by atoms with Crippen molar-refractivity contribution >= 4 is 10.8 Å². The second kappa shape index (κ2) is 7.33. The molecule has 3 aromatic carbocycles. The molecule has 166 valence electrons. The van der Waals surface area contributed by atoms with Crippen molar-refractivity contribution < 1.29 is 32.7 Å². The molecule has 0 spiro atoms. The molecule has 2 aliphatic heterocycles. The van der Waals surface area contributed by atoms with Gasteiger partial charge in [-0.1, -0.05) is 0 Å². The Kier molecular flexibility index (Phi) is 4.40. The molecular weight excluding hydrogens is 428 g/mol. The lowest BCUT2D eigenvalue weighted by Gasteiger charge is -2.20. The van der Waals surface area contributed by atoms with E-state index >= 15 is 0 Å². The zero-order valence-electron chi connectivity index (χ0n) is 17.8. The van der Waals surface area contributed by atoms with Gasteiger partial charge in [0.2, 0.25) is 12.5 Å². The van der Waals surface area contributed by atoms with E-state index in [2.05, 4.69) is 4.57 Å². The Hall–Kier alpha value is -3.87. The fraction of sp³-hybridized carbons (Fsp3) is 0.192. The smallest absolute Gasteiger partial charge is 0.231 e. The minimum atomic E-state index is -0.625. The van der Waals surface area contributed by atoms with Crippen molar-refractivity contribution in [3.63, 3.8) is 0 Å². The molecule has 0 saturated carbocycles. The van der Waals surface area contributed by atoms with Crippen molar-refractivity contribution in [3.8, 4) is 34.3 Å². The lowest BCUT2D eigenvalue weighted by molar-refractivity contribution is -0.686. The van der Waals surface area contributed by atoms with Gasteiger partial charge in [0.05, 0.1) is 18.1 Å². The maximum Gasteiger partial charge on any atom is 0.231 e. The zero-order chi connectivity index (χ0) is 22.7. The minimum absolute atomic E-state index is 0.0356. The third-order valence-electron chi connectivity index (χ3n) is 6.36. The van der Waals surface area contributed by atoms with Crippen LogP contribution in [-0.4, -0.2) is 19.0 Å². The van der Waals surface area contributed by atoms with Gasteiger partial charge in [-0.05, 0) is 47.5 Å². The topological polar surface area (TPSA) is 51.8 Å². The Morgan fingerprint density at radius 1 is 1.00 bits per heavy atom. The highest BCUT2D eigenvalue weighted by Gasteiger charge is 2.32. The number of methoxy groups -OCH3 is 1. The number of aromatic nitrogens is 1. The van der Waals surface area contributed by atoms with Crippen LogP contribution in [-0.2, 0) is 19.4 Å². The molecule has 0 saturated heterocycles. The van der Waals surface area contributed by atoms with Crippen LogP contribution in [0.5, 0.6) is 23.0 Å². The maximum absolute atomic E-state index is 14.0. The summed E-state index contributed by atoms with van der Waals surface area (Å²) in [6, 6.07) is 11.1. The predicted octanol–water partition coefficient (Wildman–Crippen LogP) is 4.66. The van der Waals surface area contributed by atoms with E-state index in [-0.39, 0.29) is 19.0 Å². The standard InChI is InChI=1S/C26H19F2NO4/c1-31-22-3-2-18-20(8-14-6-16(27)10-17(28)7-14)25-19-11-24-23(32-13-33-24)9-15(19)4-5-29(25)12-21(18)26(22)30/h2-3,6-7,9-12H,4-5,8,13H2,1H3/p+1. The monoisotopic (exact) mass is 448 g/mol. The number of aryl methyl sites for hydroxylation is 2. The van der Waals surface area contributed by atoms with E-state index in [0.29, 0.717) is 29.0 Å². The Labute approximate surface area is 188 Å². The number of pyridine rings is 1. The zero-order valence-corrected chi connectivity index (χ0v) is 17.8. The van der Waals surface area contributed by atoms with Crippen molar-refractivity contribution in [1.82, 2.24) is 0 Å². The van der Waals surface area contributed by atoms with Crippen molar-refractivity contribution in [2.24, 2.45) is 0 Å². The van der Waals surface area contributed by atoms with Crippen LogP contribution >= 0.6 is 0 Å². The molecule has 0 amide bonds. The van der Waals surface area contributed by atoms with Crippen LogP contribution in [0.2, 0.25) is 0 Å². The number of rotatable bonds is 3. The van der Waals surface area contributed by atoms with Crippen LogP contribution < -0.4 is 18.8 Å². The second-order valence-electron chi connectivity index (χ2n) is 8.29. The molecule has 3 heterocycles. The van der Waals surface area contributed by atoms with E-state index in [1.54, 1.807) is 6.07 Å². The first kappa shape index (κ1) is 19.8. The molecule has 2 aliphatic rings. The first-order chi connectivity index (χ1) is 16.0. The molecule has 4 aromatic rings. The number of aromatic hydroxyl groups is 1. The van der Waals surface area contributed by atoms with Crippen LogP contribution in [0.25, 0.3) is 22.0 Å². The highest BCUT2D eigenvalue weighted by atomic mass is 19.1. The van der Waals surface area contributed by atoms with Crippen LogP contribution in [0.1, 0.15) is 16.7 Å². The normalized spacial score (nSPS) is 13.7. The van der Waals surface area contributed by atoms with Gasteiger partial charge < -0.3 is 19.3 Å². The quantitative estimate of drug-likeness (QED) is 0.463. The SMILES string of the molecule is COc1ccc2c(Cc3cc(F)cc(F)c3)c3[n+](cc2c1O)CCc1cc2c(cc1-3)OCO2. The molecule has 6 rings (SSSR count). The Morgan fingerprint density at radius 2 is 1.76 bits per heavy atom. The molecule has 1 aromatic heterocycles. The van der Waals surface area contributed by atoms with Gasteiger partial charge in [0.1, 0.15) is 11.6 Å². The van der Waals surface area contributed by atoms with Crippen LogP contribution in [0, 0.1) is 11.6 Å². The molecule has 0 radical (unpaired) electrons. The van der Waals surface area contributed by atoms with Gasteiger partial charge in [0.25, 0.3) is 0 Å². The predicted molar refractivity (Wildman–Crippen MR) is 117 cm³/mol. The second-order valence-corrected chi connectivity index (χ2v) is 8.29. The molecule has 0 atom stereocenters. The summed E-state index contributed by atoms with van der Waals surface area (Å²) >= 11 is 0. The van der Waals surface area contributed by atoms with E-state index in [1.165, 1.54) is 19.2 Å². The van der Waals surface area contributed by atoms with Gasteiger partial charge in [-0.3, -0.25) is 0 Å². The van der Waals surface area contributed by atoms with Crippen LogP contribution in [0.3, 0.4) is 0 Å². The molecule has 0 fully saturated rings. The summed E-state index contributed by atoms with van der Waals surface area (Å²) in [5, 5.41) is 12.3. The summed E-state index contributed by atoms with van der Waals surface area (Å²) in [5.41, 5.74) is 4.38. The number of ether oxygens (including phenoxy) is 3. The number of benzene rings is 3. The Bertz CT molecular complexity index is 1430. The lowest BCUT2D eigenvalue weighted by atomic mass is 9.88. The number of hydrogen-bond donors (Lipinski definition) is 1. The van der Waals surface area contributed by atoms with Crippen LogP contribution in [0.15, 0.2) is 48.7 Å². The number of fused-ring (bicyclic) bond motifs is 5. The summed E-state index contributed by atoms with van der Waals surface area (Å²) in [6.07, 6.45) is 2.96. The average Bonchev–Trinajstić information content (AvgIpc) is 3.24. The largest absolute Gasteiger partial charge is 0.504 e. The van der Waals surface area contributed by atoms with E-state index in [9.17, 15) is 13.9 Å². The summed E-state index contributed by atoms with van der Waals surface area (Å²) in [4.78, 5) is 0. The van der Waals surface area contributed by atoms with Gasteiger partial charge in [0, 0.05) is 29.9 Å². The van der Waals surface area contributed by atoms with Gasteiger partial charge in [0.15, 0.2) is 35.7 Å². The van der Waals surface area contributed by atoms with E-state index in [0.717, 1.165) is 46.0 Å². The van der Waals surface area contributed by atoms with E-state index in [4.69, 9.17) is 14.2 Å². The molecule has 0 bridgehead atoms. The lowest BCUT2D eigenvalue weighted by Crippen LogP contribution is -2.41. The summed E-state index contributed by atoms with van der Waals surface area (Å²) in [7, 11) is 1.50. The summed E-state index contributed by atoms with van der Waals surface area (Å²) in [5.74, 6) is 0.542. The number of phenolic OH excluding ortho intramolecular Hbond substituents is 1. The molecule has 7 heteroatoms. The third-order valence-corrected chi connectivity index (χ3v) is 6.36. The van der Waals surface area contributed by atoms with Crippen LogP contribution in [0.4, 0.5) is 8.78 Å². The minimum Gasteiger partial charge on any atom is -0.504 e. The fourth-order valence-corrected chi connectivity index (χ4v) is 4.91. The van der Waals surface area contributed by atoms with E-state index < -0.39 is 11.6 Å². The number of nitrogens with zero attached hydrogens (tertiary/aromatic N) is 1. The number of phenols is 1. The maximum atomic E-state index is 14.0. The highest BCUT2D eigenvalue weighted by molar-refractivity contribution is 5.95. The van der Waals surface area contributed by atoms with Crippen molar-refractivity contribution in [2.45, 2.75) is 19.4 Å². The van der Waals surface area contributed by atoms with Crippen molar-refractivity contribution in [3.05, 3.63) is 77.0 Å². The highest BCUT2D eigenvalue weighted by Crippen LogP contribution is 2.43. The Balaban J connectivity index is 1.65. The molecule has 33 heavy (non-hydrogen) atoms. The molecule has 0 unspecified atom stereocenters. The van der Waals surface area contributed by atoms with Crippen molar-refractivity contribution in [1.29, 1.82) is 0 Å². The first-order valence-electron chi connectivity index (χ1n) is 10.6. The van der Waals surface area contributed by atoms with Gasteiger partial charge in [-0.25, -0.2) is 8.78 Å². The number of halogens is 2. The van der Waals surface area contributed by atoms with Gasteiger partial charge in [-0.2, -0.15) is 4.57 Å². The van der Waals surface area contributed by atoms with Gasteiger partial charge >= 0.3 is 0 Å². The third kappa shape index (κ3) is 3.15. The summed E-state index contributed by atoms with van der Waals surface area (Å²) in [6.45, 7) is 0.859. The Morgan fingerprint density at radius 3 is 2.52 bits per heavy atom. The van der Waals surface area contributed by atoms with Crippen molar-refractivity contribution in [2.75, 3.05) is 13.9 Å². The average molecular weight is 448 g/mol. The number of hydrogen-bond acceptors (Lipinski definition) is 4. The summed E-state index contributed by atoms with van der Waals surface area (Å²) < 4.78 is 46.6.